The van der Waals surface area contributed by atoms with Crippen molar-refractivity contribution in [2.24, 2.45) is 0 Å². The van der Waals surface area contributed by atoms with Gasteiger partial charge in [-0.25, -0.2) is 9.97 Å². The van der Waals surface area contributed by atoms with Crippen LogP contribution in [0.5, 0.6) is 11.5 Å². The molecule has 1 unspecified atom stereocenters. The Kier molecular flexibility index (Phi) is 4.46. The van der Waals surface area contributed by atoms with E-state index in [9.17, 15) is 0 Å². The highest BCUT2D eigenvalue weighted by Gasteiger charge is 2.16. The molecule has 1 N–H and O–H groups in total. The summed E-state index contributed by atoms with van der Waals surface area (Å²) in [5.41, 5.74) is 1.11. The fourth-order valence-corrected chi connectivity index (χ4v) is 2.63. The third kappa shape index (κ3) is 3.58. The van der Waals surface area contributed by atoms with Crippen LogP contribution in [0.4, 0.5) is 0 Å². The smallest absolute Gasteiger partial charge is 0.164 e. The molecule has 1 aromatic carbocycles. The van der Waals surface area contributed by atoms with E-state index in [1.807, 2.05) is 31.2 Å². The number of nitrogens with zero attached hydrogens (tertiary/aromatic N) is 2. The Balaban J connectivity index is 1.70. The lowest BCUT2D eigenvalue weighted by Gasteiger charge is -2.13. The van der Waals surface area contributed by atoms with Gasteiger partial charge in [0.15, 0.2) is 5.75 Å². The molecule has 1 aromatic heterocycles. The second-order valence-electron chi connectivity index (χ2n) is 5.54. The molecule has 0 bridgehead atoms. The predicted molar refractivity (Wildman–Crippen MR) is 82.7 cm³/mol. The number of hydrogen-bond acceptors (Lipinski definition) is 4. The van der Waals surface area contributed by atoms with Gasteiger partial charge in [-0.1, -0.05) is 24.6 Å². The van der Waals surface area contributed by atoms with Crippen LogP contribution in [0.3, 0.4) is 0 Å². The van der Waals surface area contributed by atoms with Gasteiger partial charge >= 0.3 is 0 Å². The molecule has 1 fully saturated rings. The van der Waals surface area contributed by atoms with Gasteiger partial charge in [-0.05, 0) is 37.9 Å². The summed E-state index contributed by atoms with van der Waals surface area (Å²) in [4.78, 5) is 8.99. The summed E-state index contributed by atoms with van der Waals surface area (Å²) in [6.45, 7) is 4.10. The molecule has 4 nitrogen and oxygen atoms in total. The Labute approximate surface area is 125 Å². The molecule has 0 radical (unpaired) electrons. The first-order valence-corrected chi connectivity index (χ1v) is 7.59. The average molecular weight is 283 g/mol. The van der Waals surface area contributed by atoms with Gasteiger partial charge < -0.3 is 10.1 Å². The number of hydrogen-bond donors (Lipinski definition) is 1. The van der Waals surface area contributed by atoms with Gasteiger partial charge in [0.25, 0.3) is 0 Å². The van der Waals surface area contributed by atoms with Crippen LogP contribution in [-0.4, -0.2) is 23.1 Å². The normalized spacial score (nSPS) is 19.0. The highest BCUT2D eigenvalue weighted by Crippen LogP contribution is 2.25. The van der Waals surface area contributed by atoms with Crippen LogP contribution in [0.2, 0.25) is 0 Å². The molecule has 3 rings (SSSR count). The molecule has 1 aliphatic rings. The lowest BCUT2D eigenvalue weighted by Crippen LogP contribution is -2.20. The van der Waals surface area contributed by atoms with Crippen molar-refractivity contribution < 1.29 is 4.74 Å². The molecule has 2 aromatic rings. The number of aromatic nitrogens is 2. The Morgan fingerprint density at radius 1 is 1.14 bits per heavy atom. The van der Waals surface area contributed by atoms with Crippen LogP contribution in [-0.2, 0) is 0 Å². The summed E-state index contributed by atoms with van der Waals surface area (Å²) in [6, 6.07) is 7.95. The van der Waals surface area contributed by atoms with Gasteiger partial charge in [-0.3, -0.25) is 0 Å². The van der Waals surface area contributed by atoms with E-state index in [1.54, 1.807) is 12.4 Å². The maximum absolute atomic E-state index is 5.84. The van der Waals surface area contributed by atoms with Crippen LogP contribution in [0, 0.1) is 6.92 Å². The third-order valence-electron chi connectivity index (χ3n) is 3.88. The number of nitrogens with one attached hydrogen (secondary N) is 1. The molecule has 1 saturated heterocycles. The van der Waals surface area contributed by atoms with E-state index in [4.69, 9.17) is 4.74 Å². The first-order chi connectivity index (χ1) is 10.3. The zero-order valence-electron chi connectivity index (χ0n) is 12.4. The number of para-hydroxylation sites is 1. The average Bonchev–Trinajstić information content (AvgIpc) is 2.80. The summed E-state index contributed by atoms with van der Waals surface area (Å²) < 4.78 is 5.84. The lowest BCUT2D eigenvalue weighted by molar-refractivity contribution is 0.470. The Bertz CT molecular complexity index is 575. The zero-order chi connectivity index (χ0) is 14.5. The topological polar surface area (TPSA) is 47.0 Å². The van der Waals surface area contributed by atoms with E-state index in [0.717, 1.165) is 36.6 Å². The fourth-order valence-electron chi connectivity index (χ4n) is 2.63. The predicted octanol–water partition coefficient (Wildman–Crippen LogP) is 3.43. The van der Waals surface area contributed by atoms with E-state index >= 15 is 0 Å². The standard InChI is InChI=1S/C17H21N3O/c1-13-6-2-3-8-16(13)21-15-11-19-17(20-12-15)14-7-4-5-9-18-10-14/h2-3,6,8,11-12,14,18H,4-5,7,9-10H2,1H3. The van der Waals surface area contributed by atoms with Crippen molar-refractivity contribution in [2.75, 3.05) is 13.1 Å². The van der Waals surface area contributed by atoms with Crippen LogP contribution in [0.1, 0.15) is 36.6 Å². The van der Waals surface area contributed by atoms with Gasteiger partial charge in [0.1, 0.15) is 11.6 Å². The summed E-state index contributed by atoms with van der Waals surface area (Å²) in [5, 5.41) is 3.45. The van der Waals surface area contributed by atoms with Crippen LogP contribution < -0.4 is 10.1 Å². The van der Waals surface area contributed by atoms with Crippen LogP contribution >= 0.6 is 0 Å². The Morgan fingerprint density at radius 2 is 1.95 bits per heavy atom. The monoisotopic (exact) mass is 283 g/mol. The molecule has 0 spiro atoms. The largest absolute Gasteiger partial charge is 0.454 e. The third-order valence-corrected chi connectivity index (χ3v) is 3.88. The van der Waals surface area contributed by atoms with E-state index in [-0.39, 0.29) is 0 Å². The quantitative estimate of drug-likeness (QED) is 0.937. The molecule has 110 valence electrons. The van der Waals surface area contributed by atoms with Gasteiger partial charge in [0.05, 0.1) is 12.4 Å². The first kappa shape index (κ1) is 14.0. The molecular formula is C17H21N3O. The molecule has 0 amide bonds. The van der Waals surface area contributed by atoms with E-state index in [1.165, 1.54) is 12.8 Å². The highest BCUT2D eigenvalue weighted by atomic mass is 16.5. The van der Waals surface area contributed by atoms with Crippen LogP contribution in [0.15, 0.2) is 36.7 Å². The maximum Gasteiger partial charge on any atom is 0.164 e. The van der Waals surface area contributed by atoms with Gasteiger partial charge in [-0.15, -0.1) is 0 Å². The number of ether oxygens (including phenoxy) is 1. The van der Waals surface area contributed by atoms with Crippen molar-refractivity contribution in [2.45, 2.75) is 32.1 Å². The number of aryl methyl sites for hydroxylation is 1. The summed E-state index contributed by atoms with van der Waals surface area (Å²) in [5.74, 6) is 2.88. The minimum absolute atomic E-state index is 0.417. The molecule has 1 aliphatic heterocycles. The van der Waals surface area contributed by atoms with Crippen molar-refractivity contribution in [3.05, 3.63) is 48.0 Å². The lowest BCUT2D eigenvalue weighted by atomic mass is 10.0. The molecule has 4 heteroatoms. The second-order valence-corrected chi connectivity index (χ2v) is 5.54. The van der Waals surface area contributed by atoms with Crippen molar-refractivity contribution in [3.8, 4) is 11.5 Å². The van der Waals surface area contributed by atoms with E-state index in [2.05, 4.69) is 15.3 Å². The highest BCUT2D eigenvalue weighted by molar-refractivity contribution is 5.35. The minimum Gasteiger partial charge on any atom is -0.454 e. The fraction of sp³-hybridized carbons (Fsp3) is 0.412. The first-order valence-electron chi connectivity index (χ1n) is 7.59. The van der Waals surface area contributed by atoms with Gasteiger partial charge in [0, 0.05) is 12.5 Å². The van der Waals surface area contributed by atoms with Crippen LogP contribution in [0.25, 0.3) is 0 Å². The summed E-state index contributed by atoms with van der Waals surface area (Å²) in [7, 11) is 0. The van der Waals surface area contributed by atoms with Crippen molar-refractivity contribution >= 4 is 0 Å². The molecule has 21 heavy (non-hydrogen) atoms. The molecule has 1 atom stereocenters. The number of benzene rings is 1. The molecule has 0 aliphatic carbocycles. The van der Waals surface area contributed by atoms with Gasteiger partial charge in [-0.2, -0.15) is 0 Å². The zero-order valence-corrected chi connectivity index (χ0v) is 12.4. The summed E-state index contributed by atoms with van der Waals surface area (Å²) in [6.07, 6.45) is 7.19. The van der Waals surface area contributed by atoms with Crippen molar-refractivity contribution in [1.29, 1.82) is 0 Å². The summed E-state index contributed by atoms with van der Waals surface area (Å²) >= 11 is 0. The second kappa shape index (κ2) is 6.68. The molecule has 2 heterocycles. The van der Waals surface area contributed by atoms with E-state index in [0.29, 0.717) is 11.7 Å². The van der Waals surface area contributed by atoms with E-state index < -0.39 is 0 Å². The Hall–Kier alpha value is -1.94. The number of rotatable bonds is 3. The van der Waals surface area contributed by atoms with Crippen molar-refractivity contribution in [1.82, 2.24) is 15.3 Å². The Morgan fingerprint density at radius 3 is 2.76 bits per heavy atom. The maximum atomic E-state index is 5.84. The SMILES string of the molecule is Cc1ccccc1Oc1cnc(C2CCCCNC2)nc1. The van der Waals surface area contributed by atoms with Gasteiger partial charge in [0.2, 0.25) is 0 Å². The van der Waals surface area contributed by atoms with Crippen molar-refractivity contribution in [3.63, 3.8) is 0 Å². The minimum atomic E-state index is 0.417. The molecular weight excluding hydrogens is 262 g/mol. The molecule has 0 saturated carbocycles.